The van der Waals surface area contributed by atoms with Crippen LogP contribution in [0.1, 0.15) is 0 Å². The van der Waals surface area contributed by atoms with Crippen LogP contribution in [0.25, 0.3) is 65.4 Å². The number of rotatable bonds is 4. The van der Waals surface area contributed by atoms with E-state index < -0.39 is 0 Å². The lowest BCUT2D eigenvalue weighted by molar-refractivity contribution is 0.669. The highest BCUT2D eigenvalue weighted by molar-refractivity contribution is 6.25. The molecule has 0 saturated heterocycles. The number of hydrogen-bond acceptors (Lipinski definition) is 2. The molecule has 44 heavy (non-hydrogen) atoms. The number of benzene rings is 8. The lowest BCUT2D eigenvalue weighted by Gasteiger charge is -2.25. The number of anilines is 3. The molecule has 2 heteroatoms. The minimum atomic E-state index is 0.898. The van der Waals surface area contributed by atoms with Crippen molar-refractivity contribution in [2.45, 2.75) is 0 Å². The van der Waals surface area contributed by atoms with E-state index in [0.29, 0.717) is 0 Å². The fourth-order valence-electron chi connectivity index (χ4n) is 6.77. The first kappa shape index (κ1) is 24.7. The minimum Gasteiger partial charge on any atom is -0.456 e. The van der Waals surface area contributed by atoms with Crippen molar-refractivity contribution in [1.82, 2.24) is 0 Å². The van der Waals surface area contributed by atoms with Crippen LogP contribution >= 0.6 is 0 Å². The van der Waals surface area contributed by atoms with Gasteiger partial charge in [0.1, 0.15) is 11.2 Å². The van der Waals surface area contributed by atoms with Crippen molar-refractivity contribution in [3.05, 3.63) is 164 Å². The Morgan fingerprint density at radius 1 is 0.295 bits per heavy atom. The molecular weight excluding hydrogens is 534 g/mol. The van der Waals surface area contributed by atoms with Gasteiger partial charge < -0.3 is 9.32 Å². The molecule has 0 N–H and O–H groups in total. The molecule has 0 aliphatic heterocycles. The molecule has 9 aromatic rings. The molecule has 0 fully saturated rings. The summed E-state index contributed by atoms with van der Waals surface area (Å²) in [4.78, 5) is 2.31. The molecule has 9 rings (SSSR count). The zero-order chi connectivity index (χ0) is 29.0. The van der Waals surface area contributed by atoms with E-state index in [4.69, 9.17) is 4.42 Å². The normalized spacial score (nSPS) is 11.6. The zero-order valence-corrected chi connectivity index (χ0v) is 23.9. The first-order valence-electron chi connectivity index (χ1n) is 15.0. The summed E-state index contributed by atoms with van der Waals surface area (Å²) < 4.78 is 6.13. The van der Waals surface area contributed by atoms with Gasteiger partial charge in [0, 0.05) is 27.8 Å². The molecule has 0 radical (unpaired) electrons. The van der Waals surface area contributed by atoms with E-state index in [1.165, 1.54) is 43.4 Å². The van der Waals surface area contributed by atoms with E-state index in [-0.39, 0.29) is 0 Å². The van der Waals surface area contributed by atoms with Crippen LogP contribution in [0, 0.1) is 0 Å². The Balaban J connectivity index is 1.17. The first-order valence-corrected chi connectivity index (χ1v) is 15.0. The summed E-state index contributed by atoms with van der Waals surface area (Å²) >= 11 is 0. The van der Waals surface area contributed by atoms with E-state index in [2.05, 4.69) is 157 Å². The smallest absolute Gasteiger partial charge is 0.135 e. The van der Waals surface area contributed by atoms with Crippen molar-refractivity contribution >= 4 is 71.3 Å². The van der Waals surface area contributed by atoms with Gasteiger partial charge >= 0.3 is 0 Å². The largest absolute Gasteiger partial charge is 0.456 e. The van der Waals surface area contributed by atoms with Crippen molar-refractivity contribution in [3.63, 3.8) is 0 Å². The Labute approximate surface area is 255 Å². The predicted octanol–water partition coefficient (Wildman–Crippen LogP) is 12.2. The molecule has 0 spiro atoms. The first-order chi connectivity index (χ1) is 21.8. The Kier molecular flexibility index (Phi) is 5.54. The Morgan fingerprint density at radius 3 is 1.50 bits per heavy atom. The minimum absolute atomic E-state index is 0.898. The average Bonchev–Trinajstić information content (AvgIpc) is 3.47. The molecular formula is C42H27NO. The quantitative estimate of drug-likeness (QED) is 0.199. The standard InChI is InChI=1S/C42H27NO/c1-2-10-30(11-3-1)43(32-23-25-42-40(27-32)38-16-8-9-17-41(38)44-42)31-21-18-28(19-22-31)29-20-24-37-35-14-5-4-12-33(35)34-13-6-7-15-36(34)39(37)26-29/h1-27H. The van der Waals surface area contributed by atoms with Crippen LogP contribution in [-0.4, -0.2) is 0 Å². The van der Waals surface area contributed by atoms with E-state index in [0.717, 1.165) is 39.0 Å². The average molecular weight is 562 g/mol. The van der Waals surface area contributed by atoms with Crippen LogP contribution in [0.5, 0.6) is 0 Å². The summed E-state index contributed by atoms with van der Waals surface area (Å²) in [5.74, 6) is 0. The van der Waals surface area contributed by atoms with E-state index in [1.54, 1.807) is 0 Å². The zero-order valence-electron chi connectivity index (χ0n) is 23.9. The van der Waals surface area contributed by atoms with Gasteiger partial charge in [-0.25, -0.2) is 0 Å². The summed E-state index contributed by atoms with van der Waals surface area (Å²) in [5, 5.41) is 10.0. The number of para-hydroxylation sites is 2. The molecule has 0 aliphatic carbocycles. The van der Waals surface area contributed by atoms with E-state index in [9.17, 15) is 0 Å². The fraction of sp³-hybridized carbons (Fsp3) is 0. The van der Waals surface area contributed by atoms with Gasteiger partial charge in [-0.1, -0.05) is 109 Å². The molecule has 0 aliphatic rings. The lowest BCUT2D eigenvalue weighted by atomic mass is 9.92. The second-order valence-electron chi connectivity index (χ2n) is 11.3. The summed E-state index contributed by atoms with van der Waals surface area (Å²) in [6.45, 7) is 0. The molecule has 0 unspecified atom stereocenters. The van der Waals surface area contributed by atoms with Gasteiger partial charge in [0.15, 0.2) is 0 Å². The SMILES string of the molecule is c1ccc(N(c2ccc(-c3ccc4c5ccccc5c5ccccc5c4c3)cc2)c2ccc3oc4ccccc4c3c2)cc1. The lowest BCUT2D eigenvalue weighted by Crippen LogP contribution is -2.09. The van der Waals surface area contributed by atoms with Crippen molar-refractivity contribution in [2.75, 3.05) is 4.90 Å². The van der Waals surface area contributed by atoms with Gasteiger partial charge in [0.25, 0.3) is 0 Å². The van der Waals surface area contributed by atoms with Crippen LogP contribution in [-0.2, 0) is 0 Å². The van der Waals surface area contributed by atoms with E-state index >= 15 is 0 Å². The van der Waals surface area contributed by atoms with Crippen molar-refractivity contribution in [3.8, 4) is 11.1 Å². The molecule has 0 atom stereocenters. The highest BCUT2D eigenvalue weighted by atomic mass is 16.3. The summed E-state index contributed by atoms with van der Waals surface area (Å²) in [6.07, 6.45) is 0. The van der Waals surface area contributed by atoms with Gasteiger partial charge in [-0.2, -0.15) is 0 Å². The molecule has 0 bridgehead atoms. The third kappa shape index (κ3) is 3.89. The molecule has 1 aromatic heterocycles. The number of nitrogens with zero attached hydrogens (tertiary/aromatic N) is 1. The van der Waals surface area contributed by atoms with Crippen LogP contribution in [0.15, 0.2) is 168 Å². The predicted molar refractivity (Wildman–Crippen MR) is 186 cm³/mol. The second kappa shape index (κ2) is 9.86. The number of hydrogen-bond donors (Lipinski definition) is 0. The molecule has 0 saturated carbocycles. The van der Waals surface area contributed by atoms with Crippen molar-refractivity contribution in [2.24, 2.45) is 0 Å². The Hall–Kier alpha value is -5.86. The third-order valence-electron chi connectivity index (χ3n) is 8.84. The topological polar surface area (TPSA) is 16.4 Å². The summed E-state index contributed by atoms with van der Waals surface area (Å²) in [5.41, 5.74) is 7.51. The van der Waals surface area contributed by atoms with Gasteiger partial charge in [-0.15, -0.1) is 0 Å². The van der Waals surface area contributed by atoms with Crippen LogP contribution in [0.4, 0.5) is 17.1 Å². The van der Waals surface area contributed by atoms with Crippen LogP contribution in [0.2, 0.25) is 0 Å². The van der Waals surface area contributed by atoms with Gasteiger partial charge in [0.05, 0.1) is 0 Å². The highest BCUT2D eigenvalue weighted by Crippen LogP contribution is 2.40. The molecule has 206 valence electrons. The van der Waals surface area contributed by atoms with Gasteiger partial charge in [0.2, 0.25) is 0 Å². The van der Waals surface area contributed by atoms with Crippen molar-refractivity contribution < 1.29 is 4.42 Å². The molecule has 0 amide bonds. The maximum Gasteiger partial charge on any atom is 0.135 e. The maximum absolute atomic E-state index is 6.13. The highest BCUT2D eigenvalue weighted by Gasteiger charge is 2.16. The van der Waals surface area contributed by atoms with Gasteiger partial charge in [-0.3, -0.25) is 0 Å². The number of furan rings is 1. The summed E-state index contributed by atoms with van der Waals surface area (Å²) in [6, 6.07) is 58.6. The molecule has 1 heterocycles. The molecule has 8 aromatic carbocycles. The van der Waals surface area contributed by atoms with Crippen molar-refractivity contribution in [1.29, 1.82) is 0 Å². The maximum atomic E-state index is 6.13. The third-order valence-corrected chi connectivity index (χ3v) is 8.84. The fourth-order valence-corrected chi connectivity index (χ4v) is 6.77. The van der Waals surface area contributed by atoms with Crippen LogP contribution in [0.3, 0.4) is 0 Å². The Morgan fingerprint density at radius 2 is 0.795 bits per heavy atom. The van der Waals surface area contributed by atoms with E-state index in [1.807, 2.05) is 12.1 Å². The monoisotopic (exact) mass is 561 g/mol. The van der Waals surface area contributed by atoms with Gasteiger partial charge in [-0.05, 0) is 98.0 Å². The Bertz CT molecular complexity index is 2450. The second-order valence-corrected chi connectivity index (χ2v) is 11.3. The molecule has 2 nitrogen and oxygen atoms in total. The summed E-state index contributed by atoms with van der Waals surface area (Å²) in [7, 11) is 0. The van der Waals surface area contributed by atoms with Crippen LogP contribution < -0.4 is 4.90 Å². The number of fused-ring (bicyclic) bond motifs is 9.